The molecule has 206 valence electrons. The number of esters is 1. The van der Waals surface area contributed by atoms with Crippen LogP contribution < -0.4 is 10.2 Å². The Morgan fingerprint density at radius 2 is 1.74 bits per heavy atom. The van der Waals surface area contributed by atoms with Crippen LogP contribution in [0, 0.1) is 17.8 Å². The first-order valence-corrected chi connectivity index (χ1v) is 14.3. The summed E-state index contributed by atoms with van der Waals surface area (Å²) >= 11 is 0. The molecule has 2 aliphatic heterocycles. The topological polar surface area (TPSA) is 96.0 Å². The molecular formula is C30H41N3O5. The van der Waals surface area contributed by atoms with Crippen molar-refractivity contribution in [1.82, 2.24) is 10.2 Å². The van der Waals surface area contributed by atoms with Gasteiger partial charge >= 0.3 is 5.97 Å². The molecule has 0 spiro atoms. The van der Waals surface area contributed by atoms with Crippen LogP contribution in [0.1, 0.15) is 94.5 Å². The maximum Gasteiger partial charge on any atom is 0.309 e. The number of imide groups is 1. The number of hydrogen-bond acceptors (Lipinski definition) is 6. The fraction of sp³-hybridized carbons (Fsp3) is 0.667. The van der Waals surface area contributed by atoms with Gasteiger partial charge in [-0.1, -0.05) is 18.9 Å². The van der Waals surface area contributed by atoms with Crippen molar-refractivity contribution in [2.45, 2.75) is 96.7 Å². The first kappa shape index (κ1) is 26.7. The van der Waals surface area contributed by atoms with Crippen molar-refractivity contribution in [2.24, 2.45) is 17.8 Å². The zero-order chi connectivity index (χ0) is 27.0. The first-order chi connectivity index (χ1) is 18.1. The molecular weight excluding hydrogens is 482 g/mol. The Balaban J connectivity index is 1.29. The number of nitrogens with one attached hydrogen (secondary N) is 1. The summed E-state index contributed by atoms with van der Waals surface area (Å²) in [5, 5.41) is 2.39. The Labute approximate surface area is 225 Å². The molecule has 1 unspecified atom stereocenters. The number of piperidine rings is 1. The minimum Gasteiger partial charge on any atom is -0.460 e. The van der Waals surface area contributed by atoms with Gasteiger partial charge in [0.05, 0.1) is 5.92 Å². The Hall–Kier alpha value is -2.90. The van der Waals surface area contributed by atoms with Crippen molar-refractivity contribution in [3.8, 4) is 0 Å². The average molecular weight is 524 g/mol. The lowest BCUT2D eigenvalue weighted by Gasteiger charge is -2.35. The molecule has 2 heterocycles. The van der Waals surface area contributed by atoms with Crippen LogP contribution in [-0.4, -0.2) is 53.3 Å². The largest absolute Gasteiger partial charge is 0.460 e. The number of fused-ring (bicyclic) bond motifs is 1. The molecule has 3 amide bonds. The summed E-state index contributed by atoms with van der Waals surface area (Å²) in [5.41, 5.74) is 2.28. The molecule has 8 nitrogen and oxygen atoms in total. The summed E-state index contributed by atoms with van der Waals surface area (Å²) in [5.74, 6) is 0.391. The lowest BCUT2D eigenvalue weighted by atomic mass is 9.81. The Kier molecular flexibility index (Phi) is 7.51. The minimum atomic E-state index is -0.608. The molecule has 1 saturated heterocycles. The van der Waals surface area contributed by atoms with E-state index in [2.05, 4.69) is 16.3 Å². The highest BCUT2D eigenvalue weighted by atomic mass is 16.6. The number of nitrogens with zero attached hydrogens (tertiary/aromatic N) is 2. The van der Waals surface area contributed by atoms with Crippen LogP contribution in [0.5, 0.6) is 0 Å². The lowest BCUT2D eigenvalue weighted by molar-refractivity contribution is -0.161. The van der Waals surface area contributed by atoms with Crippen molar-refractivity contribution in [3.05, 3.63) is 29.3 Å². The normalized spacial score (nSPS) is 25.7. The van der Waals surface area contributed by atoms with E-state index in [0.717, 1.165) is 62.4 Å². The molecule has 2 aliphatic carbocycles. The molecule has 1 aromatic carbocycles. The van der Waals surface area contributed by atoms with Gasteiger partial charge < -0.3 is 14.5 Å². The highest BCUT2D eigenvalue weighted by Crippen LogP contribution is 2.38. The quantitative estimate of drug-likeness (QED) is 0.405. The van der Waals surface area contributed by atoms with Crippen LogP contribution in [0.3, 0.4) is 0 Å². The standard InChI is InChI=1S/C30H41N3O5/c1-30(2,3)38-29(37)21-11-9-20(10-12-21)17-32(16-15-19-7-8-19)24-6-4-5-22-23(24)18-33(28(22)36)25-13-14-26(34)31-27(25)35/h4-6,19-21,25H,7-18H2,1-3H3,(H,31,34,35). The molecule has 8 heteroatoms. The van der Waals surface area contributed by atoms with Gasteiger partial charge in [0.25, 0.3) is 5.91 Å². The predicted molar refractivity (Wildman–Crippen MR) is 143 cm³/mol. The van der Waals surface area contributed by atoms with E-state index in [1.54, 1.807) is 4.90 Å². The molecule has 3 fully saturated rings. The van der Waals surface area contributed by atoms with E-state index >= 15 is 0 Å². The van der Waals surface area contributed by atoms with Gasteiger partial charge in [0.2, 0.25) is 11.8 Å². The summed E-state index contributed by atoms with van der Waals surface area (Å²) in [7, 11) is 0. The van der Waals surface area contributed by atoms with Gasteiger partial charge in [-0.05, 0) is 83.3 Å². The number of hydrogen-bond donors (Lipinski definition) is 1. The van der Waals surface area contributed by atoms with Crippen LogP contribution in [0.2, 0.25) is 0 Å². The Morgan fingerprint density at radius 1 is 1.03 bits per heavy atom. The van der Waals surface area contributed by atoms with Crippen LogP contribution >= 0.6 is 0 Å². The summed E-state index contributed by atoms with van der Waals surface area (Å²) < 4.78 is 5.64. The molecule has 0 aromatic heterocycles. The molecule has 4 aliphatic rings. The van der Waals surface area contributed by atoms with Crippen LogP contribution in [0.4, 0.5) is 5.69 Å². The fourth-order valence-corrected chi connectivity index (χ4v) is 6.20. The van der Waals surface area contributed by atoms with Crippen LogP contribution in [-0.2, 0) is 25.7 Å². The molecule has 1 N–H and O–H groups in total. The predicted octanol–water partition coefficient (Wildman–Crippen LogP) is 4.20. The van der Waals surface area contributed by atoms with Gasteiger partial charge in [-0.25, -0.2) is 0 Å². The monoisotopic (exact) mass is 523 g/mol. The SMILES string of the molecule is CC(C)(C)OC(=O)C1CCC(CN(CCC2CC2)c2cccc3c2CN(C2CCC(=O)NC2=O)C3=O)CC1. The lowest BCUT2D eigenvalue weighted by Crippen LogP contribution is -2.52. The average Bonchev–Trinajstić information content (AvgIpc) is 3.63. The number of benzene rings is 1. The Morgan fingerprint density at radius 3 is 2.39 bits per heavy atom. The summed E-state index contributed by atoms with van der Waals surface area (Å²) in [6.45, 7) is 7.98. The number of carbonyl (C=O) groups excluding carboxylic acids is 4. The van der Waals surface area contributed by atoms with Crippen molar-refractivity contribution < 1.29 is 23.9 Å². The maximum absolute atomic E-state index is 13.4. The first-order valence-electron chi connectivity index (χ1n) is 14.3. The molecule has 0 bridgehead atoms. The van der Waals surface area contributed by atoms with Gasteiger partial charge in [0, 0.05) is 42.9 Å². The third kappa shape index (κ3) is 6.05. The molecule has 2 saturated carbocycles. The number of anilines is 1. The van der Waals surface area contributed by atoms with Crippen molar-refractivity contribution in [1.29, 1.82) is 0 Å². The highest BCUT2D eigenvalue weighted by molar-refractivity contribution is 6.06. The molecule has 0 radical (unpaired) electrons. The maximum atomic E-state index is 13.4. The fourth-order valence-electron chi connectivity index (χ4n) is 6.20. The summed E-state index contributed by atoms with van der Waals surface area (Å²) in [4.78, 5) is 54.2. The number of ether oxygens (including phenoxy) is 1. The van der Waals surface area contributed by atoms with Gasteiger partial charge in [0.15, 0.2) is 0 Å². The third-order valence-electron chi connectivity index (χ3n) is 8.47. The number of carbonyl (C=O) groups is 4. The van der Waals surface area contributed by atoms with Crippen LogP contribution in [0.25, 0.3) is 0 Å². The van der Waals surface area contributed by atoms with E-state index in [-0.39, 0.29) is 36.0 Å². The zero-order valence-corrected chi connectivity index (χ0v) is 23.0. The summed E-state index contributed by atoms with van der Waals surface area (Å²) in [6, 6.07) is 5.31. The van der Waals surface area contributed by atoms with E-state index in [0.29, 0.717) is 24.4 Å². The number of rotatable bonds is 8. The molecule has 1 atom stereocenters. The van der Waals surface area contributed by atoms with E-state index in [1.165, 1.54) is 12.8 Å². The van der Waals surface area contributed by atoms with Crippen molar-refractivity contribution in [3.63, 3.8) is 0 Å². The van der Waals surface area contributed by atoms with Gasteiger partial charge in [-0.3, -0.25) is 24.5 Å². The van der Waals surface area contributed by atoms with Crippen LogP contribution in [0.15, 0.2) is 18.2 Å². The van der Waals surface area contributed by atoms with Gasteiger partial charge in [-0.2, -0.15) is 0 Å². The van der Waals surface area contributed by atoms with E-state index in [4.69, 9.17) is 4.74 Å². The highest BCUT2D eigenvalue weighted by Gasteiger charge is 2.40. The third-order valence-corrected chi connectivity index (χ3v) is 8.47. The smallest absolute Gasteiger partial charge is 0.309 e. The van der Waals surface area contributed by atoms with E-state index in [1.807, 2.05) is 32.9 Å². The molecule has 5 rings (SSSR count). The Bertz CT molecular complexity index is 1100. The van der Waals surface area contributed by atoms with E-state index in [9.17, 15) is 19.2 Å². The number of amides is 3. The summed E-state index contributed by atoms with van der Waals surface area (Å²) in [6.07, 6.45) is 8.03. The van der Waals surface area contributed by atoms with E-state index < -0.39 is 11.6 Å². The van der Waals surface area contributed by atoms with Crippen molar-refractivity contribution >= 4 is 29.4 Å². The van der Waals surface area contributed by atoms with Crippen molar-refractivity contribution in [2.75, 3.05) is 18.0 Å². The second-order valence-corrected chi connectivity index (χ2v) is 12.6. The molecule has 1 aromatic rings. The molecule has 38 heavy (non-hydrogen) atoms. The second-order valence-electron chi connectivity index (χ2n) is 12.6. The van der Waals surface area contributed by atoms with Gasteiger partial charge in [0.1, 0.15) is 11.6 Å². The minimum absolute atomic E-state index is 0.0222. The zero-order valence-electron chi connectivity index (χ0n) is 23.0. The second kappa shape index (κ2) is 10.7. The van der Waals surface area contributed by atoms with Gasteiger partial charge in [-0.15, -0.1) is 0 Å².